The van der Waals surface area contributed by atoms with Gasteiger partial charge in [-0.2, -0.15) is 0 Å². The first-order valence-corrected chi connectivity index (χ1v) is 7.85. The zero-order valence-electron chi connectivity index (χ0n) is 13.6. The van der Waals surface area contributed by atoms with Crippen LogP contribution in [-0.2, 0) is 16.6 Å². The first-order chi connectivity index (χ1) is 11.6. The van der Waals surface area contributed by atoms with Crippen LogP contribution in [0.1, 0.15) is 18.4 Å². The van der Waals surface area contributed by atoms with Crippen molar-refractivity contribution in [3.8, 4) is 11.5 Å². The Balaban J connectivity index is 1.69. The Morgan fingerprint density at radius 2 is 1.75 bits per heavy atom. The maximum atomic E-state index is 12.8. The second kappa shape index (κ2) is 5.30. The normalized spacial score (nSPS) is 19.6. The van der Waals surface area contributed by atoms with Gasteiger partial charge in [0.15, 0.2) is 0 Å². The molecule has 5 heteroatoms. The Morgan fingerprint density at radius 3 is 2.54 bits per heavy atom. The fourth-order valence-electron chi connectivity index (χ4n) is 3.32. The highest BCUT2D eigenvalue weighted by atomic mass is 16.4. The number of fused-ring (bicyclic) bond motifs is 1. The minimum Gasteiger partial charge on any atom is -0.421 e. The molecule has 0 bridgehead atoms. The molecule has 3 aromatic rings. The molecule has 0 saturated heterocycles. The summed E-state index contributed by atoms with van der Waals surface area (Å²) in [7, 11) is 1.80. The zero-order chi connectivity index (χ0) is 16.7. The number of benzene rings is 2. The first-order valence-electron chi connectivity index (χ1n) is 7.85. The van der Waals surface area contributed by atoms with Gasteiger partial charge in [0.25, 0.3) is 0 Å². The molecule has 24 heavy (non-hydrogen) atoms. The van der Waals surface area contributed by atoms with Gasteiger partial charge in [0, 0.05) is 24.7 Å². The summed E-state index contributed by atoms with van der Waals surface area (Å²) in [5, 5.41) is 8.26. The molecule has 2 heterocycles. The van der Waals surface area contributed by atoms with E-state index in [1.165, 1.54) is 0 Å². The lowest BCUT2D eigenvalue weighted by Gasteiger charge is -2.21. The molecule has 2 aromatic carbocycles. The number of rotatable bonds is 3. The minimum atomic E-state index is -0.689. The summed E-state index contributed by atoms with van der Waals surface area (Å²) < 4.78 is 5.80. The van der Waals surface area contributed by atoms with E-state index < -0.39 is 5.41 Å². The van der Waals surface area contributed by atoms with Gasteiger partial charge in [0.05, 0.1) is 5.41 Å². The topological polar surface area (TPSA) is 59.2 Å². The molecule has 1 aliphatic heterocycles. The molecule has 1 aliphatic rings. The van der Waals surface area contributed by atoms with Crippen molar-refractivity contribution in [3.05, 3.63) is 66.1 Å². The second-order valence-corrected chi connectivity index (χ2v) is 6.26. The predicted octanol–water partition coefficient (Wildman–Crippen LogP) is 3.21. The van der Waals surface area contributed by atoms with E-state index in [4.69, 9.17) is 4.42 Å². The average molecular weight is 319 g/mol. The molecule has 0 saturated carbocycles. The average Bonchev–Trinajstić information content (AvgIpc) is 3.15. The van der Waals surface area contributed by atoms with Crippen molar-refractivity contribution in [3.63, 3.8) is 0 Å². The Kier molecular flexibility index (Phi) is 3.23. The van der Waals surface area contributed by atoms with Crippen LogP contribution < -0.4 is 4.90 Å². The largest absolute Gasteiger partial charge is 0.421 e. The quantitative estimate of drug-likeness (QED) is 0.744. The van der Waals surface area contributed by atoms with E-state index in [9.17, 15) is 4.79 Å². The SMILES string of the molecule is CN1C(=O)C(C)(Cc2nnc(-c3ccccc3)o2)c2ccccc21. The highest BCUT2D eigenvalue weighted by molar-refractivity contribution is 6.07. The Labute approximate surface area is 139 Å². The lowest BCUT2D eigenvalue weighted by Crippen LogP contribution is -2.37. The van der Waals surface area contributed by atoms with Gasteiger partial charge in [-0.05, 0) is 30.7 Å². The maximum absolute atomic E-state index is 12.8. The van der Waals surface area contributed by atoms with Crippen molar-refractivity contribution in [1.29, 1.82) is 0 Å². The van der Waals surface area contributed by atoms with Crippen molar-refractivity contribution < 1.29 is 9.21 Å². The van der Waals surface area contributed by atoms with Crippen LogP contribution in [0.4, 0.5) is 5.69 Å². The number of nitrogens with zero attached hydrogens (tertiary/aromatic N) is 3. The molecular weight excluding hydrogens is 302 g/mol. The monoisotopic (exact) mass is 319 g/mol. The summed E-state index contributed by atoms with van der Waals surface area (Å²) in [6.07, 6.45) is 0.382. The number of hydrogen-bond donors (Lipinski definition) is 0. The summed E-state index contributed by atoms with van der Waals surface area (Å²) in [5.74, 6) is 0.985. The van der Waals surface area contributed by atoms with Gasteiger partial charge < -0.3 is 9.32 Å². The number of amides is 1. The Hall–Kier alpha value is -2.95. The second-order valence-electron chi connectivity index (χ2n) is 6.26. The van der Waals surface area contributed by atoms with Gasteiger partial charge in [-0.15, -0.1) is 10.2 Å². The highest BCUT2D eigenvalue weighted by Gasteiger charge is 2.46. The summed E-state index contributed by atoms with van der Waals surface area (Å²) in [4.78, 5) is 14.5. The molecule has 1 amide bonds. The van der Waals surface area contributed by atoms with Gasteiger partial charge >= 0.3 is 0 Å². The summed E-state index contributed by atoms with van der Waals surface area (Å²) in [5.41, 5.74) is 2.12. The highest BCUT2D eigenvalue weighted by Crippen LogP contribution is 2.42. The van der Waals surface area contributed by atoms with E-state index in [1.54, 1.807) is 11.9 Å². The molecular formula is C19H17N3O2. The van der Waals surface area contributed by atoms with Gasteiger partial charge in [-0.1, -0.05) is 36.4 Å². The van der Waals surface area contributed by atoms with Crippen LogP contribution in [0.25, 0.3) is 11.5 Å². The van der Waals surface area contributed by atoms with Crippen LogP contribution >= 0.6 is 0 Å². The van der Waals surface area contributed by atoms with E-state index in [2.05, 4.69) is 10.2 Å². The summed E-state index contributed by atoms with van der Waals surface area (Å²) >= 11 is 0. The number of carbonyl (C=O) groups excluding carboxylic acids is 1. The van der Waals surface area contributed by atoms with Crippen LogP contribution in [0.3, 0.4) is 0 Å². The Bertz CT molecular complexity index is 904. The zero-order valence-corrected chi connectivity index (χ0v) is 13.6. The molecule has 0 fully saturated rings. The summed E-state index contributed by atoms with van der Waals surface area (Å²) in [6.45, 7) is 1.93. The van der Waals surface area contributed by atoms with Crippen LogP contribution in [0.15, 0.2) is 59.0 Å². The number of aromatic nitrogens is 2. The van der Waals surface area contributed by atoms with Gasteiger partial charge in [0.2, 0.25) is 17.7 Å². The molecule has 0 spiro atoms. The smallest absolute Gasteiger partial charge is 0.247 e. The van der Waals surface area contributed by atoms with E-state index in [1.807, 2.05) is 61.5 Å². The number of para-hydroxylation sites is 1. The molecule has 0 radical (unpaired) electrons. The van der Waals surface area contributed by atoms with Gasteiger partial charge in [-0.25, -0.2) is 0 Å². The van der Waals surface area contributed by atoms with Crippen molar-refractivity contribution in [2.75, 3.05) is 11.9 Å². The Morgan fingerprint density at radius 1 is 1.04 bits per heavy atom. The van der Waals surface area contributed by atoms with E-state index in [-0.39, 0.29) is 5.91 Å². The molecule has 1 unspecified atom stereocenters. The standard InChI is InChI=1S/C19H17N3O2/c1-19(14-10-6-7-11-15(14)22(2)18(19)23)12-16-20-21-17(24-16)13-8-4-3-5-9-13/h3-11H,12H2,1-2H3. The lowest BCUT2D eigenvalue weighted by molar-refractivity contribution is -0.122. The fourth-order valence-corrected chi connectivity index (χ4v) is 3.32. The third-order valence-electron chi connectivity index (χ3n) is 4.63. The van der Waals surface area contributed by atoms with Gasteiger partial charge in [-0.3, -0.25) is 4.79 Å². The van der Waals surface area contributed by atoms with Crippen molar-refractivity contribution in [2.24, 2.45) is 0 Å². The molecule has 1 atom stereocenters. The first kappa shape index (κ1) is 14.6. The molecule has 1 aromatic heterocycles. The number of carbonyl (C=O) groups is 1. The third-order valence-corrected chi connectivity index (χ3v) is 4.63. The predicted molar refractivity (Wildman–Crippen MR) is 90.6 cm³/mol. The van der Waals surface area contributed by atoms with Crippen LogP contribution in [0.2, 0.25) is 0 Å². The van der Waals surface area contributed by atoms with Crippen LogP contribution in [-0.4, -0.2) is 23.2 Å². The van der Waals surface area contributed by atoms with E-state index in [0.29, 0.717) is 18.2 Å². The van der Waals surface area contributed by atoms with E-state index in [0.717, 1.165) is 16.8 Å². The molecule has 0 aliphatic carbocycles. The maximum Gasteiger partial charge on any atom is 0.247 e. The van der Waals surface area contributed by atoms with Crippen molar-refractivity contribution in [2.45, 2.75) is 18.8 Å². The van der Waals surface area contributed by atoms with Crippen LogP contribution in [0.5, 0.6) is 0 Å². The molecule has 5 nitrogen and oxygen atoms in total. The van der Waals surface area contributed by atoms with Crippen molar-refractivity contribution in [1.82, 2.24) is 10.2 Å². The number of hydrogen-bond acceptors (Lipinski definition) is 4. The fraction of sp³-hybridized carbons (Fsp3) is 0.211. The van der Waals surface area contributed by atoms with Gasteiger partial charge in [0.1, 0.15) is 0 Å². The van der Waals surface area contributed by atoms with Crippen LogP contribution in [0, 0.1) is 0 Å². The minimum absolute atomic E-state index is 0.0446. The summed E-state index contributed by atoms with van der Waals surface area (Å²) in [6, 6.07) is 17.5. The van der Waals surface area contributed by atoms with Crippen molar-refractivity contribution >= 4 is 11.6 Å². The molecule has 120 valence electrons. The number of anilines is 1. The molecule has 4 rings (SSSR count). The third kappa shape index (κ3) is 2.12. The van der Waals surface area contributed by atoms with E-state index >= 15 is 0 Å². The molecule has 0 N–H and O–H groups in total. The number of likely N-dealkylation sites (N-methyl/N-ethyl adjacent to an activating group) is 1. The lowest BCUT2D eigenvalue weighted by atomic mass is 9.80.